The van der Waals surface area contributed by atoms with E-state index in [9.17, 15) is 19.2 Å². The number of carbonyl (C=O) groups is 4. The highest BCUT2D eigenvalue weighted by Gasteiger charge is 2.21. The van der Waals surface area contributed by atoms with Gasteiger partial charge in [0.15, 0.2) is 0 Å². The van der Waals surface area contributed by atoms with Crippen molar-refractivity contribution in [2.24, 2.45) is 23.5 Å². The quantitative estimate of drug-likeness (QED) is 0.120. The van der Waals surface area contributed by atoms with E-state index in [1.165, 1.54) is 0 Å². The number of hydrogen-bond acceptors (Lipinski definition) is 6. The molecule has 0 bridgehead atoms. The minimum atomic E-state index is -0.385. The van der Waals surface area contributed by atoms with Gasteiger partial charge >= 0.3 is 0 Å². The third kappa shape index (κ3) is 8.80. The van der Waals surface area contributed by atoms with Crippen LogP contribution >= 0.6 is 0 Å². The van der Waals surface area contributed by atoms with Gasteiger partial charge in [-0.05, 0) is 74.9 Å². The van der Waals surface area contributed by atoms with Gasteiger partial charge in [-0.25, -0.2) is 11.7 Å². The van der Waals surface area contributed by atoms with Crippen molar-refractivity contribution >= 4 is 35.0 Å². The molecule has 12 heteroatoms. The van der Waals surface area contributed by atoms with E-state index in [4.69, 9.17) is 11.7 Å². The summed E-state index contributed by atoms with van der Waals surface area (Å²) in [6, 6.07) is 9.47. The van der Waals surface area contributed by atoms with Crippen LogP contribution in [0.1, 0.15) is 96.1 Å². The van der Waals surface area contributed by atoms with Gasteiger partial charge in [0.05, 0.1) is 11.4 Å². The Balaban J connectivity index is 1.73. The molecule has 3 rings (SSSR count). The summed E-state index contributed by atoms with van der Waals surface area (Å²) in [7, 11) is 0. The second-order valence-electron chi connectivity index (χ2n) is 11.6. The van der Waals surface area contributed by atoms with Crippen molar-refractivity contribution in [3.05, 3.63) is 71.3 Å². The number of anilines is 2. The van der Waals surface area contributed by atoms with E-state index in [2.05, 4.69) is 38.3 Å². The Kier molecular flexibility index (Phi) is 11.9. The highest BCUT2D eigenvalue weighted by atomic mass is 16.2. The Morgan fingerprint density at radius 3 is 1.32 bits per heavy atom. The summed E-state index contributed by atoms with van der Waals surface area (Å²) in [4.78, 5) is 51.7. The number of nitrogens with zero attached hydrogens (tertiary/aromatic N) is 4. The lowest BCUT2D eigenvalue weighted by Crippen LogP contribution is -2.38. The number of rotatable bonds is 14. The predicted molar refractivity (Wildman–Crippen MR) is 172 cm³/mol. The fraction of sp³-hybridized carbons (Fsp3) is 0.438. The molecule has 0 aliphatic rings. The molecule has 0 radical (unpaired) electrons. The fourth-order valence-electron chi connectivity index (χ4n) is 4.44. The molecule has 238 valence electrons. The van der Waals surface area contributed by atoms with Crippen molar-refractivity contribution < 1.29 is 19.2 Å². The maximum absolute atomic E-state index is 13.0. The van der Waals surface area contributed by atoms with Crippen LogP contribution in [0.15, 0.2) is 48.8 Å². The van der Waals surface area contributed by atoms with Crippen LogP contribution in [-0.4, -0.2) is 55.9 Å². The molecule has 0 saturated heterocycles. The largest absolute Gasteiger partial charge is 0.341 e. The standard InChI is InChI=1S/C32H46N8O4/c1-7-39(33)31(43)27-17-25(19-37(27)15-13-21(3)4)35-29(41)23-9-11-24(12-10-23)30(42)36-26-18-28(32(44)40(34)8-2)38(20-26)16-14-22(5)6/h9-12,17-22H,7-8,13-16,33-34H2,1-6H3,(H,35,41)(H,36,42). The minimum Gasteiger partial charge on any atom is -0.341 e. The number of aromatic nitrogens is 2. The molecule has 1 aromatic carbocycles. The van der Waals surface area contributed by atoms with Gasteiger partial charge in [-0.3, -0.25) is 29.2 Å². The monoisotopic (exact) mass is 606 g/mol. The molecule has 12 nitrogen and oxygen atoms in total. The second kappa shape index (κ2) is 15.3. The molecule has 0 aliphatic carbocycles. The zero-order valence-corrected chi connectivity index (χ0v) is 26.6. The molecule has 4 amide bonds. The topological polar surface area (TPSA) is 161 Å². The number of carbonyl (C=O) groups excluding carboxylic acids is 4. The molecule has 0 saturated carbocycles. The summed E-state index contributed by atoms with van der Waals surface area (Å²) in [6.45, 7) is 13.9. The number of nitrogens with one attached hydrogen (secondary N) is 2. The van der Waals surface area contributed by atoms with Crippen LogP contribution in [-0.2, 0) is 13.1 Å². The summed E-state index contributed by atoms with van der Waals surface area (Å²) < 4.78 is 3.62. The van der Waals surface area contributed by atoms with Gasteiger partial charge in [0.1, 0.15) is 11.4 Å². The molecule has 44 heavy (non-hydrogen) atoms. The lowest BCUT2D eigenvalue weighted by atomic mass is 10.1. The van der Waals surface area contributed by atoms with Crippen LogP contribution in [0.5, 0.6) is 0 Å². The third-order valence-corrected chi connectivity index (χ3v) is 7.25. The van der Waals surface area contributed by atoms with Gasteiger partial charge in [-0.1, -0.05) is 27.7 Å². The van der Waals surface area contributed by atoms with Crippen LogP contribution < -0.4 is 22.3 Å². The molecule has 2 aromatic heterocycles. The molecule has 0 fully saturated rings. The van der Waals surface area contributed by atoms with Crippen LogP contribution in [0.2, 0.25) is 0 Å². The summed E-state index contributed by atoms with van der Waals surface area (Å²) in [5.41, 5.74) is 2.42. The van der Waals surface area contributed by atoms with E-state index in [1.54, 1.807) is 62.6 Å². The highest BCUT2D eigenvalue weighted by molar-refractivity contribution is 6.08. The van der Waals surface area contributed by atoms with Crippen molar-refractivity contribution in [2.45, 2.75) is 67.5 Å². The van der Waals surface area contributed by atoms with Crippen molar-refractivity contribution in [3.8, 4) is 0 Å². The molecular weight excluding hydrogens is 560 g/mol. The maximum Gasteiger partial charge on any atom is 0.284 e. The van der Waals surface area contributed by atoms with Crippen LogP contribution in [0.25, 0.3) is 0 Å². The molecule has 0 aliphatic heterocycles. The number of hydrogen-bond donors (Lipinski definition) is 4. The summed E-state index contributed by atoms with van der Waals surface area (Å²) in [5.74, 6) is 11.1. The lowest BCUT2D eigenvalue weighted by molar-refractivity contribution is 0.0746. The summed E-state index contributed by atoms with van der Waals surface area (Å²) in [6.07, 6.45) is 5.17. The first-order valence-electron chi connectivity index (χ1n) is 15.1. The van der Waals surface area contributed by atoms with E-state index in [0.29, 0.717) is 71.9 Å². The predicted octanol–water partition coefficient (Wildman–Crippen LogP) is 4.56. The second-order valence-corrected chi connectivity index (χ2v) is 11.6. The molecule has 2 heterocycles. The van der Waals surface area contributed by atoms with E-state index < -0.39 is 0 Å². The van der Waals surface area contributed by atoms with E-state index in [-0.39, 0.29) is 23.6 Å². The average molecular weight is 607 g/mol. The van der Waals surface area contributed by atoms with E-state index in [1.807, 2.05) is 9.13 Å². The lowest BCUT2D eigenvalue weighted by Gasteiger charge is -2.16. The van der Waals surface area contributed by atoms with Gasteiger partial charge in [-0.15, -0.1) is 0 Å². The van der Waals surface area contributed by atoms with Gasteiger partial charge in [0.25, 0.3) is 23.6 Å². The molecule has 6 N–H and O–H groups in total. The average Bonchev–Trinajstić information content (AvgIpc) is 3.60. The smallest absolute Gasteiger partial charge is 0.284 e. The van der Waals surface area contributed by atoms with Crippen LogP contribution in [0.3, 0.4) is 0 Å². The Labute approximate surface area is 259 Å². The molecular formula is C32H46N8O4. The first kappa shape index (κ1) is 34.1. The molecule has 0 atom stereocenters. The molecule has 3 aromatic rings. The van der Waals surface area contributed by atoms with E-state index >= 15 is 0 Å². The Bertz CT molecular complexity index is 1350. The molecule has 0 spiro atoms. The van der Waals surface area contributed by atoms with Crippen molar-refractivity contribution in [3.63, 3.8) is 0 Å². The van der Waals surface area contributed by atoms with Gasteiger partial charge in [0.2, 0.25) is 0 Å². The van der Waals surface area contributed by atoms with Crippen molar-refractivity contribution in [1.29, 1.82) is 0 Å². The van der Waals surface area contributed by atoms with Crippen molar-refractivity contribution in [1.82, 2.24) is 19.2 Å². The highest BCUT2D eigenvalue weighted by Crippen LogP contribution is 2.21. The number of aryl methyl sites for hydroxylation is 2. The number of nitrogens with two attached hydrogens (primary N) is 2. The number of benzene rings is 1. The minimum absolute atomic E-state index is 0.329. The number of amides is 4. The third-order valence-electron chi connectivity index (χ3n) is 7.25. The zero-order chi connectivity index (χ0) is 32.6. The van der Waals surface area contributed by atoms with Gasteiger partial charge < -0.3 is 19.8 Å². The SMILES string of the molecule is CCN(N)C(=O)c1cc(NC(=O)c2ccc(C(=O)Nc3cc(C(=O)N(N)CC)n(CCC(C)C)c3)cc2)cn1CCC(C)C. The Morgan fingerprint density at radius 1 is 0.682 bits per heavy atom. The normalized spacial score (nSPS) is 11.1. The summed E-state index contributed by atoms with van der Waals surface area (Å²) >= 11 is 0. The zero-order valence-electron chi connectivity index (χ0n) is 26.6. The molecule has 0 unspecified atom stereocenters. The first-order chi connectivity index (χ1) is 20.8. The number of hydrazine groups is 2. The Morgan fingerprint density at radius 2 is 1.02 bits per heavy atom. The van der Waals surface area contributed by atoms with Crippen molar-refractivity contribution in [2.75, 3.05) is 23.7 Å². The fourth-order valence-corrected chi connectivity index (χ4v) is 4.44. The Hall–Kier alpha value is -4.42. The summed E-state index contributed by atoms with van der Waals surface area (Å²) in [5, 5.41) is 7.94. The van der Waals surface area contributed by atoms with Gasteiger partial charge in [-0.2, -0.15) is 0 Å². The first-order valence-corrected chi connectivity index (χ1v) is 15.1. The maximum atomic E-state index is 13.0. The van der Waals surface area contributed by atoms with Crippen LogP contribution in [0.4, 0.5) is 11.4 Å². The van der Waals surface area contributed by atoms with Gasteiger partial charge in [0, 0.05) is 49.7 Å². The van der Waals surface area contributed by atoms with Crippen LogP contribution in [0, 0.1) is 11.8 Å². The van der Waals surface area contributed by atoms with E-state index in [0.717, 1.165) is 22.9 Å².